The Morgan fingerprint density at radius 3 is 2.66 bits per heavy atom. The number of Topliss-reactive ketones (excluding diaryl/α,β-unsaturated/α-hetero) is 1. The molecular formula is C24H22N2O3. The summed E-state index contributed by atoms with van der Waals surface area (Å²) in [6.07, 6.45) is 2.86. The minimum Gasteiger partial charge on any atom is -0.497 e. The molecule has 2 aliphatic rings. The van der Waals surface area contributed by atoms with E-state index >= 15 is 0 Å². The average molecular weight is 386 g/mol. The van der Waals surface area contributed by atoms with Gasteiger partial charge in [0.15, 0.2) is 5.78 Å². The van der Waals surface area contributed by atoms with Crippen LogP contribution < -0.4 is 15.4 Å². The number of para-hydroxylation sites is 2. The quantitative estimate of drug-likeness (QED) is 0.642. The Morgan fingerprint density at radius 2 is 1.86 bits per heavy atom. The second-order valence-electron chi connectivity index (χ2n) is 7.46. The molecule has 0 spiro atoms. The molecule has 146 valence electrons. The molecule has 0 saturated heterocycles. The lowest BCUT2D eigenvalue weighted by atomic mass is 9.79. The number of rotatable bonds is 3. The lowest BCUT2D eigenvalue weighted by molar-refractivity contribution is -0.116. The minimum atomic E-state index is -0.310. The number of furan rings is 1. The summed E-state index contributed by atoms with van der Waals surface area (Å²) in [7, 11) is 1.66. The van der Waals surface area contributed by atoms with E-state index in [9.17, 15) is 4.79 Å². The number of ketones is 1. The molecule has 3 aromatic rings. The topological polar surface area (TPSA) is 63.5 Å². The molecule has 5 rings (SSSR count). The van der Waals surface area contributed by atoms with Gasteiger partial charge in [-0.25, -0.2) is 0 Å². The molecule has 0 unspecified atom stereocenters. The van der Waals surface area contributed by atoms with Crippen LogP contribution in [0.1, 0.15) is 36.1 Å². The SMILES string of the molecule is COc1cccc([C@H]2CC(=O)C3=C(C2)Nc2ccccc2N[C@H]3c2ccco2)c1. The summed E-state index contributed by atoms with van der Waals surface area (Å²) in [4.78, 5) is 13.4. The first-order valence-electron chi connectivity index (χ1n) is 9.79. The molecule has 0 fully saturated rings. The first-order chi connectivity index (χ1) is 14.2. The van der Waals surface area contributed by atoms with E-state index in [1.165, 1.54) is 0 Å². The van der Waals surface area contributed by atoms with E-state index in [4.69, 9.17) is 9.15 Å². The molecule has 5 nitrogen and oxygen atoms in total. The molecule has 29 heavy (non-hydrogen) atoms. The average Bonchev–Trinajstić information content (AvgIpc) is 3.22. The zero-order valence-electron chi connectivity index (χ0n) is 16.1. The molecule has 0 radical (unpaired) electrons. The van der Waals surface area contributed by atoms with Gasteiger partial charge in [0, 0.05) is 17.7 Å². The van der Waals surface area contributed by atoms with Crippen molar-refractivity contribution < 1.29 is 13.9 Å². The maximum absolute atomic E-state index is 13.4. The Morgan fingerprint density at radius 1 is 1.00 bits per heavy atom. The number of carbonyl (C=O) groups is 1. The van der Waals surface area contributed by atoms with Gasteiger partial charge in [-0.05, 0) is 54.3 Å². The normalized spacial score (nSPS) is 20.8. The molecule has 0 saturated carbocycles. The van der Waals surface area contributed by atoms with Crippen molar-refractivity contribution >= 4 is 17.2 Å². The summed E-state index contributed by atoms with van der Waals surface area (Å²) < 4.78 is 11.1. The van der Waals surface area contributed by atoms with Gasteiger partial charge in [0.1, 0.15) is 17.6 Å². The molecule has 1 aliphatic heterocycles. The summed E-state index contributed by atoms with van der Waals surface area (Å²) in [5.41, 5.74) is 4.75. The fourth-order valence-electron chi connectivity index (χ4n) is 4.29. The van der Waals surface area contributed by atoms with Crippen molar-refractivity contribution in [1.82, 2.24) is 0 Å². The number of hydrogen-bond donors (Lipinski definition) is 2. The summed E-state index contributed by atoms with van der Waals surface area (Å²) >= 11 is 0. The highest BCUT2D eigenvalue weighted by Gasteiger charge is 2.37. The van der Waals surface area contributed by atoms with E-state index in [0.29, 0.717) is 6.42 Å². The van der Waals surface area contributed by atoms with Gasteiger partial charge in [-0.2, -0.15) is 0 Å². The molecule has 2 heterocycles. The highest BCUT2D eigenvalue weighted by atomic mass is 16.5. The van der Waals surface area contributed by atoms with Gasteiger partial charge in [-0.15, -0.1) is 0 Å². The predicted molar refractivity (Wildman–Crippen MR) is 112 cm³/mol. The second-order valence-corrected chi connectivity index (χ2v) is 7.46. The molecule has 2 atom stereocenters. The number of anilines is 2. The third-order valence-electron chi connectivity index (χ3n) is 5.70. The lowest BCUT2D eigenvalue weighted by Crippen LogP contribution is -2.26. The molecule has 5 heteroatoms. The van der Waals surface area contributed by atoms with E-state index in [0.717, 1.165) is 46.1 Å². The van der Waals surface area contributed by atoms with Crippen LogP contribution in [-0.4, -0.2) is 12.9 Å². The van der Waals surface area contributed by atoms with Crippen LogP contribution in [-0.2, 0) is 4.79 Å². The molecule has 0 bridgehead atoms. The third-order valence-corrected chi connectivity index (χ3v) is 5.70. The van der Waals surface area contributed by atoms with Crippen molar-refractivity contribution in [3.63, 3.8) is 0 Å². The molecule has 2 aromatic carbocycles. The summed E-state index contributed by atoms with van der Waals surface area (Å²) in [6.45, 7) is 0. The van der Waals surface area contributed by atoms with Gasteiger partial charge in [-0.1, -0.05) is 24.3 Å². The van der Waals surface area contributed by atoms with Crippen molar-refractivity contribution in [3.8, 4) is 5.75 Å². The van der Waals surface area contributed by atoms with Gasteiger partial charge in [0.2, 0.25) is 0 Å². The van der Waals surface area contributed by atoms with Gasteiger partial charge >= 0.3 is 0 Å². The molecule has 0 amide bonds. The third kappa shape index (κ3) is 3.18. The predicted octanol–water partition coefficient (Wildman–Crippen LogP) is 5.27. The van der Waals surface area contributed by atoms with E-state index < -0.39 is 0 Å². The summed E-state index contributed by atoms with van der Waals surface area (Å²) in [5, 5.41) is 7.04. The van der Waals surface area contributed by atoms with Crippen molar-refractivity contribution in [2.45, 2.75) is 24.8 Å². The first-order valence-corrected chi connectivity index (χ1v) is 9.79. The van der Waals surface area contributed by atoms with Crippen LogP contribution in [0, 0.1) is 0 Å². The largest absolute Gasteiger partial charge is 0.497 e. The van der Waals surface area contributed by atoms with Gasteiger partial charge < -0.3 is 19.8 Å². The number of nitrogens with one attached hydrogen (secondary N) is 2. The Kier molecular flexibility index (Phi) is 4.35. The minimum absolute atomic E-state index is 0.103. The number of methoxy groups -OCH3 is 1. The number of benzene rings is 2. The number of fused-ring (bicyclic) bond motifs is 1. The van der Waals surface area contributed by atoms with E-state index in [-0.39, 0.29) is 17.7 Å². The van der Waals surface area contributed by atoms with Crippen molar-refractivity contribution in [3.05, 3.63) is 89.5 Å². The fraction of sp³-hybridized carbons (Fsp3) is 0.208. The van der Waals surface area contributed by atoms with Crippen LogP contribution in [0.25, 0.3) is 0 Å². The first kappa shape index (κ1) is 17.6. The summed E-state index contributed by atoms with van der Waals surface area (Å²) in [5.74, 6) is 1.79. The van der Waals surface area contributed by atoms with Crippen LogP contribution in [0.4, 0.5) is 11.4 Å². The highest BCUT2D eigenvalue weighted by molar-refractivity contribution is 6.01. The van der Waals surface area contributed by atoms with Crippen LogP contribution in [0.5, 0.6) is 5.75 Å². The van der Waals surface area contributed by atoms with Crippen LogP contribution in [0.2, 0.25) is 0 Å². The highest BCUT2D eigenvalue weighted by Crippen LogP contribution is 2.44. The monoisotopic (exact) mass is 386 g/mol. The Balaban J connectivity index is 1.58. The zero-order chi connectivity index (χ0) is 19.8. The van der Waals surface area contributed by atoms with Crippen molar-refractivity contribution in [2.75, 3.05) is 17.7 Å². The maximum Gasteiger partial charge on any atom is 0.163 e. The van der Waals surface area contributed by atoms with Gasteiger partial charge in [0.05, 0.1) is 24.7 Å². The van der Waals surface area contributed by atoms with Crippen LogP contribution in [0.15, 0.2) is 82.6 Å². The zero-order valence-corrected chi connectivity index (χ0v) is 16.1. The van der Waals surface area contributed by atoms with E-state index in [2.05, 4.69) is 16.7 Å². The number of ether oxygens (including phenoxy) is 1. The van der Waals surface area contributed by atoms with E-state index in [1.807, 2.05) is 54.6 Å². The fourth-order valence-corrected chi connectivity index (χ4v) is 4.29. The molecule has 1 aromatic heterocycles. The summed E-state index contributed by atoms with van der Waals surface area (Å²) in [6, 6.07) is 19.5. The molecule has 2 N–H and O–H groups in total. The van der Waals surface area contributed by atoms with Crippen LogP contribution >= 0.6 is 0 Å². The van der Waals surface area contributed by atoms with Crippen LogP contribution in [0.3, 0.4) is 0 Å². The standard InChI is InChI=1S/C24H22N2O3/c1-28-17-7-4-6-15(12-17)16-13-20-23(21(27)14-16)24(22-10-5-11-29-22)26-19-9-3-2-8-18(19)25-20/h2-12,16,24-26H,13-14H2,1H3/t16-,24+/m1/s1. The Labute approximate surface area is 169 Å². The van der Waals surface area contributed by atoms with E-state index in [1.54, 1.807) is 13.4 Å². The second kappa shape index (κ2) is 7.17. The molecular weight excluding hydrogens is 364 g/mol. The van der Waals surface area contributed by atoms with Crippen molar-refractivity contribution in [1.29, 1.82) is 0 Å². The lowest BCUT2D eigenvalue weighted by Gasteiger charge is -2.29. The Hall–Kier alpha value is -3.47. The smallest absolute Gasteiger partial charge is 0.163 e. The van der Waals surface area contributed by atoms with Gasteiger partial charge in [-0.3, -0.25) is 4.79 Å². The number of carbonyl (C=O) groups excluding carboxylic acids is 1. The van der Waals surface area contributed by atoms with Crippen molar-refractivity contribution in [2.24, 2.45) is 0 Å². The maximum atomic E-state index is 13.4. The number of allylic oxidation sites excluding steroid dienone is 1. The Bertz CT molecular complexity index is 1090. The number of hydrogen-bond acceptors (Lipinski definition) is 5. The van der Waals surface area contributed by atoms with Gasteiger partial charge in [0.25, 0.3) is 0 Å². The molecule has 1 aliphatic carbocycles.